The highest BCUT2D eigenvalue weighted by Crippen LogP contribution is 2.25. The molecule has 0 bridgehead atoms. The van der Waals surface area contributed by atoms with Crippen LogP contribution in [0.15, 0.2) is 36.4 Å². The molecule has 3 aromatic rings. The highest BCUT2D eigenvalue weighted by atomic mass is 127. The summed E-state index contributed by atoms with van der Waals surface area (Å²) in [6, 6.07) is 11.5. The first-order valence-corrected chi connectivity index (χ1v) is 8.21. The number of imidazole rings is 1. The van der Waals surface area contributed by atoms with Gasteiger partial charge in [0.15, 0.2) is 0 Å². The molecule has 2 nitrogen and oxygen atoms in total. The summed E-state index contributed by atoms with van der Waals surface area (Å²) in [4.78, 5) is 4.54. The van der Waals surface area contributed by atoms with Crippen molar-refractivity contribution in [2.24, 2.45) is 0 Å². The van der Waals surface area contributed by atoms with Crippen LogP contribution in [0.4, 0.5) is 4.39 Å². The van der Waals surface area contributed by atoms with E-state index in [-0.39, 0.29) is 5.82 Å². The number of benzene rings is 2. The number of fused-ring (bicyclic) bond motifs is 1. The van der Waals surface area contributed by atoms with E-state index in [0.29, 0.717) is 23.4 Å². The van der Waals surface area contributed by atoms with Crippen LogP contribution in [0.5, 0.6) is 0 Å². The molecule has 0 aliphatic heterocycles. The van der Waals surface area contributed by atoms with Crippen molar-refractivity contribution >= 4 is 45.2 Å². The number of hydrogen-bond acceptors (Lipinski definition) is 1. The van der Waals surface area contributed by atoms with Crippen LogP contribution in [-0.4, -0.2) is 15.4 Å². The fourth-order valence-corrected chi connectivity index (χ4v) is 2.91. The van der Waals surface area contributed by atoms with E-state index in [1.165, 1.54) is 9.64 Å². The Balaban J connectivity index is 2.29. The molecule has 0 aliphatic carbocycles. The van der Waals surface area contributed by atoms with Crippen LogP contribution in [0.1, 0.15) is 11.4 Å². The van der Waals surface area contributed by atoms with Crippen molar-refractivity contribution < 1.29 is 4.39 Å². The van der Waals surface area contributed by atoms with Crippen LogP contribution in [0, 0.1) is 16.3 Å². The molecule has 1 aromatic heterocycles. The van der Waals surface area contributed by atoms with E-state index in [9.17, 15) is 4.39 Å². The third kappa shape index (κ3) is 2.79. The number of aromatic nitrogens is 2. The molecule has 21 heavy (non-hydrogen) atoms. The molecule has 0 radical (unpaired) electrons. The smallest absolute Gasteiger partial charge is 0.128 e. The van der Waals surface area contributed by atoms with Crippen LogP contribution in [0.25, 0.3) is 16.7 Å². The monoisotopic (exact) mass is 414 g/mol. The molecule has 0 fully saturated rings. The average Bonchev–Trinajstić information content (AvgIpc) is 2.78. The summed E-state index contributed by atoms with van der Waals surface area (Å²) >= 11 is 8.15. The van der Waals surface area contributed by atoms with Gasteiger partial charge < -0.3 is 0 Å². The lowest BCUT2D eigenvalue weighted by Gasteiger charge is -2.09. The van der Waals surface area contributed by atoms with Crippen LogP contribution in [-0.2, 0) is 6.42 Å². The minimum atomic E-state index is -0.229. The molecule has 0 saturated heterocycles. The predicted molar refractivity (Wildman–Crippen MR) is 92.9 cm³/mol. The van der Waals surface area contributed by atoms with E-state index >= 15 is 0 Å². The second-order valence-corrected chi connectivity index (χ2v) is 6.49. The Bertz CT molecular complexity index is 796. The maximum Gasteiger partial charge on any atom is 0.128 e. The minimum Gasteiger partial charge on any atom is -0.296 e. The predicted octanol–water partition coefficient (Wildman–Crippen LogP) is 4.86. The Morgan fingerprint density at radius 2 is 1.95 bits per heavy atom. The molecule has 108 valence electrons. The molecule has 0 amide bonds. The normalized spacial score (nSPS) is 11.2. The molecule has 5 heteroatoms. The van der Waals surface area contributed by atoms with Gasteiger partial charge in [0.05, 0.1) is 11.0 Å². The van der Waals surface area contributed by atoms with Gasteiger partial charge in [0.25, 0.3) is 0 Å². The zero-order valence-electron chi connectivity index (χ0n) is 11.4. The molecule has 0 spiro atoms. The van der Waals surface area contributed by atoms with Crippen LogP contribution >= 0.6 is 34.2 Å². The summed E-state index contributed by atoms with van der Waals surface area (Å²) in [5.41, 5.74) is 3.21. The lowest BCUT2D eigenvalue weighted by atomic mass is 10.2. The third-order valence-electron chi connectivity index (χ3n) is 3.41. The van der Waals surface area contributed by atoms with Crippen molar-refractivity contribution in [2.45, 2.75) is 13.3 Å². The summed E-state index contributed by atoms with van der Waals surface area (Å²) in [6.45, 7) is 1.77. The largest absolute Gasteiger partial charge is 0.296 e. The summed E-state index contributed by atoms with van der Waals surface area (Å²) < 4.78 is 17.0. The first-order chi connectivity index (χ1) is 10.1. The molecule has 0 saturated carbocycles. The van der Waals surface area contributed by atoms with Crippen LogP contribution in [0.2, 0.25) is 0 Å². The van der Waals surface area contributed by atoms with Gasteiger partial charge in [-0.25, -0.2) is 9.37 Å². The highest BCUT2D eigenvalue weighted by molar-refractivity contribution is 14.1. The highest BCUT2D eigenvalue weighted by Gasteiger charge is 2.14. The van der Waals surface area contributed by atoms with Crippen LogP contribution in [0.3, 0.4) is 0 Å². The molecule has 0 N–H and O–H groups in total. The number of alkyl halides is 1. The maximum atomic E-state index is 13.8. The number of aryl methyl sites for hydroxylation is 2. The van der Waals surface area contributed by atoms with E-state index in [1.807, 2.05) is 30.3 Å². The summed E-state index contributed by atoms with van der Waals surface area (Å²) in [5.74, 6) is 1.10. The molecule has 0 aliphatic rings. The molecule has 0 unspecified atom stereocenters. The van der Waals surface area contributed by atoms with Gasteiger partial charge in [-0.1, -0.05) is 0 Å². The zero-order valence-corrected chi connectivity index (χ0v) is 14.3. The standard InChI is InChI=1S/C16H13ClFIN2/c1-10-8-15-14(9-13(10)18)20-16(6-7-17)21(15)12-4-2-11(19)3-5-12/h2-5,8-9H,6-7H2,1H3. The molecule has 3 rings (SSSR count). The minimum absolute atomic E-state index is 0.229. The van der Waals surface area contributed by atoms with E-state index in [1.54, 1.807) is 6.92 Å². The van der Waals surface area contributed by atoms with Gasteiger partial charge in [0.1, 0.15) is 11.6 Å². The van der Waals surface area contributed by atoms with E-state index in [2.05, 4.69) is 32.1 Å². The van der Waals surface area contributed by atoms with Gasteiger partial charge in [-0.3, -0.25) is 4.57 Å². The second kappa shape index (κ2) is 5.93. The Kier molecular flexibility index (Phi) is 4.17. The quantitative estimate of drug-likeness (QED) is 0.442. The topological polar surface area (TPSA) is 17.8 Å². The fourth-order valence-electron chi connectivity index (χ4n) is 2.38. The molecule has 0 atom stereocenters. The van der Waals surface area contributed by atoms with E-state index in [4.69, 9.17) is 11.6 Å². The Morgan fingerprint density at radius 3 is 2.62 bits per heavy atom. The van der Waals surface area contributed by atoms with Gasteiger partial charge in [-0.2, -0.15) is 0 Å². The van der Waals surface area contributed by atoms with Crippen molar-refractivity contribution in [3.8, 4) is 5.69 Å². The lowest BCUT2D eigenvalue weighted by molar-refractivity contribution is 0.620. The third-order valence-corrected chi connectivity index (χ3v) is 4.32. The SMILES string of the molecule is Cc1cc2c(cc1F)nc(CCCl)n2-c1ccc(I)cc1. The lowest BCUT2D eigenvalue weighted by Crippen LogP contribution is -2.02. The average molecular weight is 415 g/mol. The number of nitrogens with zero attached hydrogens (tertiary/aromatic N) is 2. The zero-order chi connectivity index (χ0) is 15.0. The van der Waals surface area contributed by atoms with Gasteiger partial charge in [-0.15, -0.1) is 11.6 Å². The number of halogens is 3. The molecular formula is C16H13ClFIN2. The van der Waals surface area contributed by atoms with E-state index in [0.717, 1.165) is 17.0 Å². The van der Waals surface area contributed by atoms with Gasteiger partial charge in [0, 0.05) is 27.6 Å². The second-order valence-electron chi connectivity index (χ2n) is 4.87. The van der Waals surface area contributed by atoms with E-state index < -0.39 is 0 Å². The summed E-state index contributed by atoms with van der Waals surface area (Å²) in [7, 11) is 0. The van der Waals surface area contributed by atoms with Gasteiger partial charge in [-0.05, 0) is 65.4 Å². The number of hydrogen-bond donors (Lipinski definition) is 0. The maximum absolute atomic E-state index is 13.8. The van der Waals surface area contributed by atoms with Crippen molar-refractivity contribution in [3.05, 3.63) is 57.2 Å². The molecule has 1 heterocycles. The van der Waals surface area contributed by atoms with Crippen molar-refractivity contribution in [2.75, 3.05) is 5.88 Å². The number of rotatable bonds is 3. The van der Waals surface area contributed by atoms with Crippen molar-refractivity contribution in [3.63, 3.8) is 0 Å². The first-order valence-electron chi connectivity index (χ1n) is 6.59. The fraction of sp³-hybridized carbons (Fsp3) is 0.188. The van der Waals surface area contributed by atoms with Gasteiger partial charge in [0.2, 0.25) is 0 Å². The Labute approximate surface area is 141 Å². The Hall–Kier alpha value is -1.14. The van der Waals surface area contributed by atoms with Crippen molar-refractivity contribution in [1.82, 2.24) is 9.55 Å². The first kappa shape index (κ1) is 14.8. The van der Waals surface area contributed by atoms with Crippen molar-refractivity contribution in [1.29, 1.82) is 0 Å². The molecular weight excluding hydrogens is 402 g/mol. The summed E-state index contributed by atoms with van der Waals surface area (Å²) in [6.07, 6.45) is 0.642. The Morgan fingerprint density at radius 1 is 1.24 bits per heavy atom. The molecule has 2 aromatic carbocycles. The van der Waals surface area contributed by atoms with Gasteiger partial charge >= 0.3 is 0 Å². The van der Waals surface area contributed by atoms with Crippen LogP contribution < -0.4 is 0 Å². The summed E-state index contributed by atoms with van der Waals surface area (Å²) in [5, 5.41) is 0.